The Morgan fingerprint density at radius 3 is 2.32 bits per heavy atom. The molecule has 1 amide bonds. The highest BCUT2D eigenvalue weighted by atomic mass is 16.5. The fraction of sp³-hybridized carbons (Fsp3) is 0.250. The van der Waals surface area contributed by atoms with E-state index in [0.717, 1.165) is 16.7 Å². The van der Waals surface area contributed by atoms with E-state index in [-0.39, 0.29) is 17.4 Å². The predicted octanol–water partition coefficient (Wildman–Crippen LogP) is 5.42. The van der Waals surface area contributed by atoms with Gasteiger partial charge in [0, 0.05) is 23.6 Å². The van der Waals surface area contributed by atoms with Crippen molar-refractivity contribution in [1.82, 2.24) is 4.98 Å². The van der Waals surface area contributed by atoms with Gasteiger partial charge in [-0.25, -0.2) is 0 Å². The van der Waals surface area contributed by atoms with Crippen LogP contribution in [0.1, 0.15) is 47.7 Å². The zero-order valence-electron chi connectivity index (χ0n) is 20.0. The number of nitrogens with zero attached hydrogens (tertiary/aromatic N) is 2. The zero-order valence-corrected chi connectivity index (χ0v) is 20.0. The molecule has 0 aliphatic carbocycles. The first-order chi connectivity index (χ1) is 16.2. The van der Waals surface area contributed by atoms with Crippen LogP contribution in [-0.2, 0) is 9.59 Å². The van der Waals surface area contributed by atoms with Crippen LogP contribution in [0.3, 0.4) is 0 Å². The summed E-state index contributed by atoms with van der Waals surface area (Å²) in [5, 5.41) is 11.3. The molecule has 1 unspecified atom stereocenters. The molecule has 174 valence electrons. The Kier molecular flexibility index (Phi) is 6.24. The third-order valence-corrected chi connectivity index (χ3v) is 5.90. The summed E-state index contributed by atoms with van der Waals surface area (Å²) in [5.74, 6) is -0.908. The number of aromatic nitrogens is 1. The highest BCUT2D eigenvalue weighted by Gasteiger charge is 2.47. The Hall–Kier alpha value is -3.93. The van der Waals surface area contributed by atoms with Crippen molar-refractivity contribution in [2.75, 3.05) is 4.90 Å². The molecule has 1 atom stereocenters. The molecular formula is C28H28N2O4. The third kappa shape index (κ3) is 4.19. The SMILES string of the molecule is Cc1ccc(C)c(N2C(=O)C(=O)/C(=C(\O)c3ccc(OC(C)C)c(C)c3)C2c2ccncc2)c1. The summed E-state index contributed by atoms with van der Waals surface area (Å²) in [4.78, 5) is 32.2. The van der Waals surface area contributed by atoms with E-state index in [0.29, 0.717) is 22.6 Å². The Bertz CT molecular complexity index is 1300. The van der Waals surface area contributed by atoms with Crippen LogP contribution in [0.2, 0.25) is 0 Å². The van der Waals surface area contributed by atoms with Crippen LogP contribution in [0, 0.1) is 20.8 Å². The average molecular weight is 457 g/mol. The second kappa shape index (κ2) is 9.14. The molecule has 1 aliphatic rings. The van der Waals surface area contributed by atoms with Gasteiger partial charge in [-0.1, -0.05) is 12.1 Å². The third-order valence-electron chi connectivity index (χ3n) is 5.90. The van der Waals surface area contributed by atoms with Gasteiger partial charge >= 0.3 is 0 Å². The number of anilines is 1. The molecule has 1 aliphatic heterocycles. The van der Waals surface area contributed by atoms with E-state index in [9.17, 15) is 14.7 Å². The molecule has 0 radical (unpaired) electrons. The highest BCUT2D eigenvalue weighted by Crippen LogP contribution is 2.43. The quantitative estimate of drug-likeness (QED) is 0.315. The Balaban J connectivity index is 1.91. The van der Waals surface area contributed by atoms with Crippen LogP contribution >= 0.6 is 0 Å². The lowest BCUT2D eigenvalue weighted by Crippen LogP contribution is -2.30. The summed E-state index contributed by atoms with van der Waals surface area (Å²) < 4.78 is 5.80. The Labute approximate surface area is 199 Å². The molecule has 1 saturated heterocycles. The molecule has 1 aromatic heterocycles. The molecule has 2 heterocycles. The van der Waals surface area contributed by atoms with E-state index in [1.165, 1.54) is 4.90 Å². The van der Waals surface area contributed by atoms with Gasteiger partial charge in [0.15, 0.2) is 0 Å². The molecule has 4 rings (SSSR count). The molecule has 6 heteroatoms. The number of aliphatic hydroxyl groups is 1. The van der Waals surface area contributed by atoms with Gasteiger partial charge in [-0.15, -0.1) is 0 Å². The lowest BCUT2D eigenvalue weighted by atomic mass is 9.95. The number of benzene rings is 2. The number of carbonyl (C=O) groups is 2. The van der Waals surface area contributed by atoms with Gasteiger partial charge in [0.25, 0.3) is 11.7 Å². The van der Waals surface area contributed by atoms with Crippen molar-refractivity contribution in [3.63, 3.8) is 0 Å². The van der Waals surface area contributed by atoms with Crippen molar-refractivity contribution in [1.29, 1.82) is 0 Å². The van der Waals surface area contributed by atoms with E-state index in [1.54, 1.807) is 42.7 Å². The second-order valence-electron chi connectivity index (χ2n) is 8.89. The number of rotatable bonds is 5. The van der Waals surface area contributed by atoms with E-state index in [1.807, 2.05) is 52.8 Å². The van der Waals surface area contributed by atoms with Crippen molar-refractivity contribution < 1.29 is 19.4 Å². The van der Waals surface area contributed by atoms with Crippen molar-refractivity contribution in [2.24, 2.45) is 0 Å². The van der Waals surface area contributed by atoms with E-state index in [2.05, 4.69) is 4.98 Å². The maximum atomic E-state index is 13.3. The van der Waals surface area contributed by atoms with Crippen molar-refractivity contribution >= 4 is 23.1 Å². The Morgan fingerprint density at radius 2 is 1.68 bits per heavy atom. The molecule has 3 aromatic rings. The average Bonchev–Trinajstić information content (AvgIpc) is 3.07. The minimum Gasteiger partial charge on any atom is -0.507 e. The number of amides is 1. The van der Waals surface area contributed by atoms with Gasteiger partial charge in [-0.05, 0) is 93.3 Å². The molecule has 34 heavy (non-hydrogen) atoms. The molecule has 1 fully saturated rings. The second-order valence-corrected chi connectivity index (χ2v) is 8.89. The molecule has 6 nitrogen and oxygen atoms in total. The number of hydrogen-bond donors (Lipinski definition) is 1. The van der Waals surface area contributed by atoms with E-state index >= 15 is 0 Å². The molecule has 0 spiro atoms. The largest absolute Gasteiger partial charge is 0.507 e. The zero-order chi connectivity index (χ0) is 24.6. The summed E-state index contributed by atoms with van der Waals surface area (Å²) >= 11 is 0. The first-order valence-electron chi connectivity index (χ1n) is 11.2. The standard InChI is InChI=1S/C28H28N2O4/c1-16(2)34-23-9-8-21(15-19(23)5)26(31)24-25(20-10-12-29-13-11-20)30(28(33)27(24)32)22-14-17(3)6-7-18(22)4/h6-16,25,31H,1-5H3/b26-24-. The minimum absolute atomic E-state index is 0.00716. The topological polar surface area (TPSA) is 79.7 Å². The number of aliphatic hydroxyl groups excluding tert-OH is 1. The normalized spacial score (nSPS) is 17.5. The summed E-state index contributed by atoms with van der Waals surface area (Å²) in [6.45, 7) is 9.59. The lowest BCUT2D eigenvalue weighted by molar-refractivity contribution is -0.132. The van der Waals surface area contributed by atoms with Crippen molar-refractivity contribution in [3.05, 3.63) is 94.3 Å². The number of ether oxygens (including phenoxy) is 1. The van der Waals surface area contributed by atoms with Gasteiger partial charge < -0.3 is 9.84 Å². The molecular weight excluding hydrogens is 428 g/mol. The van der Waals surface area contributed by atoms with Gasteiger partial charge in [0.1, 0.15) is 11.5 Å². The van der Waals surface area contributed by atoms with Crippen LogP contribution in [0.5, 0.6) is 5.75 Å². The summed E-state index contributed by atoms with van der Waals surface area (Å²) in [5.41, 5.74) is 4.47. The van der Waals surface area contributed by atoms with Crippen LogP contribution in [0.25, 0.3) is 5.76 Å². The van der Waals surface area contributed by atoms with Crippen LogP contribution < -0.4 is 9.64 Å². The summed E-state index contributed by atoms with van der Waals surface area (Å²) in [7, 11) is 0. The molecule has 0 saturated carbocycles. The van der Waals surface area contributed by atoms with Crippen LogP contribution in [-0.4, -0.2) is 27.9 Å². The molecule has 2 aromatic carbocycles. The summed E-state index contributed by atoms with van der Waals surface area (Å²) in [6.07, 6.45) is 3.23. The van der Waals surface area contributed by atoms with E-state index in [4.69, 9.17) is 4.74 Å². The monoisotopic (exact) mass is 456 g/mol. The fourth-order valence-electron chi connectivity index (χ4n) is 4.26. The lowest BCUT2D eigenvalue weighted by Gasteiger charge is -2.27. The Morgan fingerprint density at radius 1 is 0.971 bits per heavy atom. The number of carbonyl (C=O) groups excluding carboxylic acids is 2. The predicted molar refractivity (Wildman–Crippen MR) is 132 cm³/mol. The maximum absolute atomic E-state index is 13.3. The van der Waals surface area contributed by atoms with E-state index < -0.39 is 17.7 Å². The number of Topliss-reactive ketones (excluding diaryl/α,β-unsaturated/α-hetero) is 1. The highest BCUT2D eigenvalue weighted by molar-refractivity contribution is 6.51. The first-order valence-corrected chi connectivity index (χ1v) is 11.2. The van der Waals surface area contributed by atoms with Gasteiger partial charge in [-0.2, -0.15) is 0 Å². The van der Waals surface area contributed by atoms with Gasteiger partial charge in [0.05, 0.1) is 17.7 Å². The van der Waals surface area contributed by atoms with Crippen molar-refractivity contribution in [2.45, 2.75) is 46.8 Å². The molecule has 1 N–H and O–H groups in total. The number of hydrogen-bond acceptors (Lipinski definition) is 5. The van der Waals surface area contributed by atoms with Crippen LogP contribution in [0.4, 0.5) is 5.69 Å². The molecule has 0 bridgehead atoms. The van der Waals surface area contributed by atoms with Crippen LogP contribution in [0.15, 0.2) is 66.5 Å². The number of aryl methyl sites for hydroxylation is 3. The number of ketones is 1. The summed E-state index contributed by atoms with van der Waals surface area (Å²) in [6, 6.07) is 13.7. The van der Waals surface area contributed by atoms with Gasteiger partial charge in [-0.3, -0.25) is 19.5 Å². The first kappa shape index (κ1) is 23.2. The smallest absolute Gasteiger partial charge is 0.300 e. The minimum atomic E-state index is -0.782. The van der Waals surface area contributed by atoms with Crippen molar-refractivity contribution in [3.8, 4) is 5.75 Å². The maximum Gasteiger partial charge on any atom is 0.300 e. The fourth-order valence-corrected chi connectivity index (χ4v) is 4.26. The van der Waals surface area contributed by atoms with Gasteiger partial charge in [0.2, 0.25) is 0 Å². The number of pyridine rings is 1.